The van der Waals surface area contributed by atoms with Gasteiger partial charge in [-0.3, -0.25) is 0 Å². The van der Waals surface area contributed by atoms with Gasteiger partial charge in [-0.25, -0.2) is 0 Å². The van der Waals surface area contributed by atoms with Crippen molar-refractivity contribution in [2.24, 2.45) is 0 Å². The third kappa shape index (κ3) is 5.29. The molecule has 0 saturated heterocycles. The van der Waals surface area contributed by atoms with Crippen LogP contribution >= 0.6 is 0 Å². The molecule has 1 aromatic heterocycles. The summed E-state index contributed by atoms with van der Waals surface area (Å²) >= 11 is 0. The third-order valence-electron chi connectivity index (χ3n) is 14.0. The lowest BCUT2D eigenvalue weighted by atomic mass is 9.82. The number of fused-ring (bicyclic) bond motifs is 9. The van der Waals surface area contributed by atoms with E-state index in [9.17, 15) is 0 Å². The average molecular weight is 795 g/mol. The van der Waals surface area contributed by atoms with Crippen LogP contribution in [0.5, 0.6) is 0 Å². The number of anilines is 3. The van der Waals surface area contributed by atoms with E-state index in [0.717, 1.165) is 11.4 Å². The summed E-state index contributed by atoms with van der Waals surface area (Å²) < 4.78 is 2.39. The number of benzene rings is 9. The lowest BCUT2D eigenvalue weighted by Crippen LogP contribution is -2.16. The Morgan fingerprint density at radius 1 is 0.355 bits per heavy atom. The lowest BCUT2D eigenvalue weighted by molar-refractivity contribution is 0.660. The maximum absolute atomic E-state index is 2.53. The second-order valence-electron chi connectivity index (χ2n) is 18.1. The summed E-state index contributed by atoms with van der Waals surface area (Å²) in [6.45, 7) is 9.45. The zero-order valence-electron chi connectivity index (χ0n) is 35.5. The molecule has 0 fully saturated rings. The van der Waals surface area contributed by atoms with Crippen LogP contribution in [-0.2, 0) is 10.8 Å². The molecule has 62 heavy (non-hydrogen) atoms. The molecule has 0 atom stereocenters. The van der Waals surface area contributed by atoms with E-state index in [0.29, 0.717) is 0 Å². The van der Waals surface area contributed by atoms with Crippen molar-refractivity contribution >= 4 is 38.9 Å². The predicted molar refractivity (Wildman–Crippen MR) is 261 cm³/mol. The minimum atomic E-state index is -0.135. The Morgan fingerprint density at radius 2 is 0.935 bits per heavy atom. The van der Waals surface area contributed by atoms with E-state index in [1.54, 1.807) is 0 Å². The van der Waals surface area contributed by atoms with Crippen molar-refractivity contribution in [1.82, 2.24) is 4.57 Å². The molecule has 2 nitrogen and oxygen atoms in total. The second-order valence-corrected chi connectivity index (χ2v) is 18.1. The van der Waals surface area contributed by atoms with Gasteiger partial charge in [-0.1, -0.05) is 173 Å². The molecule has 0 bridgehead atoms. The number of rotatable bonds is 6. The Labute approximate surface area is 364 Å². The van der Waals surface area contributed by atoms with Gasteiger partial charge in [0, 0.05) is 44.1 Å². The van der Waals surface area contributed by atoms with Crippen molar-refractivity contribution in [1.29, 1.82) is 0 Å². The van der Waals surface area contributed by atoms with Crippen LogP contribution in [0.3, 0.4) is 0 Å². The number of aromatic nitrogens is 1. The number of nitrogens with zero attached hydrogens (tertiary/aromatic N) is 2. The molecule has 2 aliphatic carbocycles. The van der Waals surface area contributed by atoms with Gasteiger partial charge < -0.3 is 9.47 Å². The zero-order chi connectivity index (χ0) is 41.7. The zero-order valence-corrected chi connectivity index (χ0v) is 35.5. The van der Waals surface area contributed by atoms with E-state index in [1.165, 1.54) is 99.9 Å². The first kappa shape index (κ1) is 36.4. The standard InChI is InChI=1S/C60H46N2/c1-59(2)50-26-12-8-23-45(50)48-38-41(32-34-52(48)59)44-22-10-14-29-54(44)62(57-31-17-28-53-58(57)47-25-9-13-27-51(47)60(53,3)4)43-21-16-18-39(36-43)40-33-35-56-49(37-40)46-24-11-15-30-55(46)61(56)42-19-6-5-7-20-42/h5-38H,1-4H3. The van der Waals surface area contributed by atoms with Crippen molar-refractivity contribution in [3.8, 4) is 50.2 Å². The SMILES string of the molecule is CC1(C)c2ccccc2-c2cc(-c3ccccc3N(c3cccc(-c4ccc5c(c4)c4ccccc4n5-c4ccccc4)c3)c3cccc4c3-c3ccccc3C4(C)C)ccc21. The van der Waals surface area contributed by atoms with Gasteiger partial charge in [-0.15, -0.1) is 0 Å². The summed E-state index contributed by atoms with van der Waals surface area (Å²) in [4.78, 5) is 2.53. The summed E-state index contributed by atoms with van der Waals surface area (Å²) in [6.07, 6.45) is 0. The first-order valence-electron chi connectivity index (χ1n) is 21.9. The highest BCUT2D eigenvalue weighted by Crippen LogP contribution is 2.56. The normalized spacial score (nSPS) is 14.1. The van der Waals surface area contributed by atoms with Crippen molar-refractivity contribution < 1.29 is 0 Å². The minimum absolute atomic E-state index is 0.0549. The third-order valence-corrected chi connectivity index (χ3v) is 14.0. The van der Waals surface area contributed by atoms with Gasteiger partial charge in [0.25, 0.3) is 0 Å². The molecule has 0 aliphatic heterocycles. The summed E-state index contributed by atoms with van der Waals surface area (Å²) in [7, 11) is 0. The molecule has 12 rings (SSSR count). The molecule has 10 aromatic rings. The Bertz CT molecular complexity index is 3420. The first-order valence-corrected chi connectivity index (χ1v) is 21.9. The maximum atomic E-state index is 2.53. The molecular weight excluding hydrogens is 749 g/mol. The summed E-state index contributed by atoms with van der Waals surface area (Å²) in [6, 6.07) is 76.6. The van der Waals surface area contributed by atoms with Crippen LogP contribution in [-0.4, -0.2) is 4.57 Å². The van der Waals surface area contributed by atoms with Gasteiger partial charge in [0.05, 0.1) is 22.4 Å². The topological polar surface area (TPSA) is 8.17 Å². The van der Waals surface area contributed by atoms with E-state index in [4.69, 9.17) is 0 Å². The number of hydrogen-bond donors (Lipinski definition) is 0. The highest BCUT2D eigenvalue weighted by atomic mass is 15.1. The predicted octanol–water partition coefficient (Wildman–Crippen LogP) is 16.2. The van der Waals surface area contributed by atoms with E-state index >= 15 is 0 Å². The monoisotopic (exact) mass is 794 g/mol. The fraction of sp³-hybridized carbons (Fsp3) is 0.100. The van der Waals surface area contributed by atoms with Crippen LogP contribution in [0.15, 0.2) is 206 Å². The van der Waals surface area contributed by atoms with E-state index in [1.807, 2.05) is 0 Å². The van der Waals surface area contributed by atoms with Gasteiger partial charge in [0.15, 0.2) is 0 Å². The van der Waals surface area contributed by atoms with Gasteiger partial charge in [-0.05, 0) is 116 Å². The van der Waals surface area contributed by atoms with E-state index in [2.05, 4.69) is 243 Å². The van der Waals surface area contributed by atoms with Gasteiger partial charge in [0.2, 0.25) is 0 Å². The molecular formula is C60H46N2. The van der Waals surface area contributed by atoms with Crippen LogP contribution in [0.2, 0.25) is 0 Å². The maximum Gasteiger partial charge on any atom is 0.0543 e. The fourth-order valence-electron chi connectivity index (χ4n) is 11.0. The van der Waals surface area contributed by atoms with Gasteiger partial charge in [0.1, 0.15) is 0 Å². The Kier molecular flexibility index (Phi) is 7.96. The lowest BCUT2D eigenvalue weighted by Gasteiger charge is -2.31. The summed E-state index contributed by atoms with van der Waals surface area (Å²) in [5.41, 5.74) is 22.4. The quantitative estimate of drug-likeness (QED) is 0.163. The molecule has 1 heterocycles. The van der Waals surface area contributed by atoms with Crippen molar-refractivity contribution in [2.75, 3.05) is 4.90 Å². The van der Waals surface area contributed by atoms with Crippen molar-refractivity contribution in [3.05, 3.63) is 229 Å². The van der Waals surface area contributed by atoms with Crippen molar-refractivity contribution in [3.63, 3.8) is 0 Å². The molecule has 0 spiro atoms. The molecule has 9 aromatic carbocycles. The van der Waals surface area contributed by atoms with Crippen LogP contribution in [0.4, 0.5) is 17.1 Å². The highest BCUT2D eigenvalue weighted by molar-refractivity contribution is 6.10. The van der Waals surface area contributed by atoms with Crippen LogP contribution in [0.1, 0.15) is 49.9 Å². The molecule has 0 radical (unpaired) electrons. The molecule has 0 saturated carbocycles. The minimum Gasteiger partial charge on any atom is -0.309 e. The first-order chi connectivity index (χ1) is 30.3. The highest BCUT2D eigenvalue weighted by Gasteiger charge is 2.39. The van der Waals surface area contributed by atoms with E-state index in [-0.39, 0.29) is 10.8 Å². The number of hydrogen-bond acceptors (Lipinski definition) is 1. The van der Waals surface area contributed by atoms with Crippen LogP contribution in [0.25, 0.3) is 72.0 Å². The Hall–Kier alpha value is -7.42. The molecule has 0 amide bonds. The Morgan fingerprint density at radius 3 is 1.77 bits per heavy atom. The van der Waals surface area contributed by atoms with Crippen molar-refractivity contribution in [2.45, 2.75) is 38.5 Å². The van der Waals surface area contributed by atoms with Gasteiger partial charge in [-0.2, -0.15) is 0 Å². The van der Waals surface area contributed by atoms with E-state index < -0.39 is 0 Å². The average Bonchev–Trinajstić information content (AvgIpc) is 3.86. The summed E-state index contributed by atoms with van der Waals surface area (Å²) in [5, 5.41) is 2.50. The molecule has 2 heteroatoms. The molecule has 0 unspecified atom stereocenters. The molecule has 296 valence electrons. The molecule has 0 N–H and O–H groups in total. The Balaban J connectivity index is 1.07. The van der Waals surface area contributed by atoms with Gasteiger partial charge >= 0.3 is 0 Å². The van der Waals surface area contributed by atoms with Crippen LogP contribution < -0.4 is 4.90 Å². The summed E-state index contributed by atoms with van der Waals surface area (Å²) in [5.74, 6) is 0. The number of para-hydroxylation sites is 3. The molecule has 2 aliphatic rings. The van der Waals surface area contributed by atoms with Crippen LogP contribution in [0, 0.1) is 0 Å². The smallest absolute Gasteiger partial charge is 0.0543 e. The fourth-order valence-corrected chi connectivity index (χ4v) is 11.0. The second kappa shape index (κ2) is 13.5. The largest absolute Gasteiger partial charge is 0.309 e.